The van der Waals surface area contributed by atoms with E-state index in [2.05, 4.69) is 18.0 Å². The average molecular weight is 133 g/mol. The number of rotatable bonds is 1. The second kappa shape index (κ2) is 2.08. The van der Waals surface area contributed by atoms with Crippen molar-refractivity contribution in [1.82, 2.24) is 4.98 Å². The molecule has 0 N–H and O–H groups in total. The molecule has 0 aromatic carbocycles. The molecule has 1 fully saturated rings. The second-order valence-electron chi connectivity index (χ2n) is 3.11. The number of hydrogen-bond donors (Lipinski definition) is 0. The van der Waals surface area contributed by atoms with Gasteiger partial charge < -0.3 is 0 Å². The van der Waals surface area contributed by atoms with E-state index in [-0.39, 0.29) is 0 Å². The third kappa shape index (κ3) is 0.919. The summed E-state index contributed by atoms with van der Waals surface area (Å²) in [5.41, 5.74) is 1.41. The third-order valence-corrected chi connectivity index (χ3v) is 2.22. The van der Waals surface area contributed by atoms with Crippen LogP contribution in [-0.4, -0.2) is 4.98 Å². The Labute approximate surface area is 61.1 Å². The van der Waals surface area contributed by atoms with E-state index in [9.17, 15) is 0 Å². The lowest BCUT2D eigenvalue weighted by molar-refractivity contribution is 0.909. The molecule has 2 rings (SSSR count). The molecule has 0 bridgehead atoms. The van der Waals surface area contributed by atoms with Crippen LogP contribution in [0, 0.1) is 5.92 Å². The zero-order chi connectivity index (χ0) is 6.97. The summed E-state index contributed by atoms with van der Waals surface area (Å²) in [7, 11) is 0. The summed E-state index contributed by atoms with van der Waals surface area (Å²) in [6.45, 7) is 2.29. The lowest BCUT2D eigenvalue weighted by atomic mass is 10.2. The Morgan fingerprint density at radius 1 is 1.60 bits per heavy atom. The van der Waals surface area contributed by atoms with Crippen molar-refractivity contribution in [2.45, 2.75) is 19.3 Å². The Morgan fingerprint density at radius 3 is 2.90 bits per heavy atom. The van der Waals surface area contributed by atoms with Crippen LogP contribution in [0.15, 0.2) is 24.5 Å². The molecule has 1 aliphatic rings. The maximum Gasteiger partial charge on any atom is 0.0302 e. The maximum absolute atomic E-state index is 4.08. The molecule has 0 unspecified atom stereocenters. The fraction of sp³-hybridized carbons (Fsp3) is 0.444. The summed E-state index contributed by atoms with van der Waals surface area (Å²) in [5.74, 6) is 1.71. The monoisotopic (exact) mass is 133 g/mol. The fourth-order valence-corrected chi connectivity index (χ4v) is 1.38. The lowest BCUT2D eigenvalue weighted by Crippen LogP contribution is -1.80. The minimum atomic E-state index is 0.814. The average Bonchev–Trinajstić information content (AvgIpc) is 2.69. The highest BCUT2D eigenvalue weighted by Gasteiger charge is 2.33. The molecule has 0 saturated heterocycles. The van der Waals surface area contributed by atoms with Gasteiger partial charge in [-0.2, -0.15) is 0 Å². The Bertz CT molecular complexity index is 217. The highest BCUT2D eigenvalue weighted by Crippen LogP contribution is 2.46. The predicted molar refractivity (Wildman–Crippen MR) is 40.8 cm³/mol. The van der Waals surface area contributed by atoms with Crippen molar-refractivity contribution in [2.75, 3.05) is 0 Å². The Kier molecular flexibility index (Phi) is 1.23. The highest BCUT2D eigenvalue weighted by molar-refractivity contribution is 5.21. The SMILES string of the molecule is C[C@H]1C[C@@H]1c1cccnc1. The summed E-state index contributed by atoms with van der Waals surface area (Å²) in [6.07, 6.45) is 5.16. The quantitative estimate of drug-likeness (QED) is 0.572. The largest absolute Gasteiger partial charge is 0.264 e. The summed E-state index contributed by atoms with van der Waals surface area (Å²) < 4.78 is 0. The Balaban J connectivity index is 2.20. The summed E-state index contributed by atoms with van der Waals surface area (Å²) >= 11 is 0. The second-order valence-corrected chi connectivity index (χ2v) is 3.11. The van der Waals surface area contributed by atoms with Crippen molar-refractivity contribution in [3.05, 3.63) is 30.1 Å². The van der Waals surface area contributed by atoms with E-state index in [1.807, 2.05) is 18.5 Å². The van der Waals surface area contributed by atoms with Crippen molar-refractivity contribution < 1.29 is 0 Å². The van der Waals surface area contributed by atoms with Gasteiger partial charge in [-0.3, -0.25) is 4.98 Å². The van der Waals surface area contributed by atoms with E-state index in [0.717, 1.165) is 11.8 Å². The molecule has 1 nitrogen and oxygen atoms in total. The van der Waals surface area contributed by atoms with Crippen LogP contribution in [0.1, 0.15) is 24.8 Å². The van der Waals surface area contributed by atoms with Crippen molar-refractivity contribution in [3.8, 4) is 0 Å². The van der Waals surface area contributed by atoms with Crippen LogP contribution in [0.3, 0.4) is 0 Å². The molecule has 1 saturated carbocycles. The molecule has 1 heterocycles. The van der Waals surface area contributed by atoms with Gasteiger partial charge in [0.15, 0.2) is 0 Å². The predicted octanol–water partition coefficient (Wildman–Crippen LogP) is 2.21. The summed E-state index contributed by atoms with van der Waals surface area (Å²) in [4.78, 5) is 4.08. The molecule has 1 heteroatoms. The first kappa shape index (κ1) is 5.90. The number of nitrogens with zero attached hydrogens (tertiary/aromatic N) is 1. The van der Waals surface area contributed by atoms with Gasteiger partial charge in [0.05, 0.1) is 0 Å². The van der Waals surface area contributed by atoms with E-state index in [1.54, 1.807) is 0 Å². The van der Waals surface area contributed by atoms with E-state index in [4.69, 9.17) is 0 Å². The topological polar surface area (TPSA) is 12.9 Å². The minimum Gasteiger partial charge on any atom is -0.264 e. The highest BCUT2D eigenvalue weighted by atomic mass is 14.6. The molecule has 0 radical (unpaired) electrons. The maximum atomic E-state index is 4.08. The van der Waals surface area contributed by atoms with Gasteiger partial charge in [0, 0.05) is 12.4 Å². The smallest absolute Gasteiger partial charge is 0.0302 e. The van der Waals surface area contributed by atoms with Crippen molar-refractivity contribution in [1.29, 1.82) is 0 Å². The van der Waals surface area contributed by atoms with Crippen molar-refractivity contribution in [2.24, 2.45) is 5.92 Å². The van der Waals surface area contributed by atoms with Crippen LogP contribution in [-0.2, 0) is 0 Å². The molecule has 0 spiro atoms. The molecule has 52 valence electrons. The summed E-state index contributed by atoms with van der Waals surface area (Å²) in [6, 6.07) is 4.18. The third-order valence-electron chi connectivity index (χ3n) is 2.22. The number of hydrogen-bond acceptors (Lipinski definition) is 1. The molecule has 2 atom stereocenters. The van der Waals surface area contributed by atoms with E-state index >= 15 is 0 Å². The van der Waals surface area contributed by atoms with Gasteiger partial charge in [0.25, 0.3) is 0 Å². The molecule has 10 heavy (non-hydrogen) atoms. The van der Waals surface area contributed by atoms with Crippen LogP contribution in [0.5, 0.6) is 0 Å². The molecule has 0 aliphatic heterocycles. The molecule has 1 aromatic rings. The van der Waals surface area contributed by atoms with Crippen LogP contribution in [0.2, 0.25) is 0 Å². The number of aromatic nitrogens is 1. The van der Waals surface area contributed by atoms with Gasteiger partial charge in [-0.25, -0.2) is 0 Å². The van der Waals surface area contributed by atoms with Gasteiger partial charge in [-0.1, -0.05) is 13.0 Å². The molecular formula is C9H11N. The zero-order valence-corrected chi connectivity index (χ0v) is 6.12. The molecule has 0 amide bonds. The summed E-state index contributed by atoms with van der Waals surface area (Å²) in [5, 5.41) is 0. The lowest BCUT2D eigenvalue weighted by Gasteiger charge is -1.93. The van der Waals surface area contributed by atoms with E-state index in [0.29, 0.717) is 0 Å². The molecular weight excluding hydrogens is 122 g/mol. The van der Waals surface area contributed by atoms with Gasteiger partial charge >= 0.3 is 0 Å². The van der Waals surface area contributed by atoms with Crippen LogP contribution in [0.4, 0.5) is 0 Å². The molecule has 1 aliphatic carbocycles. The van der Waals surface area contributed by atoms with Gasteiger partial charge in [-0.15, -0.1) is 0 Å². The van der Waals surface area contributed by atoms with E-state index < -0.39 is 0 Å². The standard InChI is InChI=1S/C9H11N/c1-7-5-9(7)8-3-2-4-10-6-8/h2-4,6-7,9H,5H2,1H3/t7-,9-/m0/s1. The first-order chi connectivity index (χ1) is 4.88. The number of pyridine rings is 1. The zero-order valence-electron chi connectivity index (χ0n) is 6.12. The Morgan fingerprint density at radius 2 is 2.40 bits per heavy atom. The van der Waals surface area contributed by atoms with Crippen LogP contribution in [0.25, 0.3) is 0 Å². The van der Waals surface area contributed by atoms with Gasteiger partial charge in [-0.05, 0) is 29.9 Å². The minimum absolute atomic E-state index is 0.814. The fourth-order valence-electron chi connectivity index (χ4n) is 1.38. The van der Waals surface area contributed by atoms with Gasteiger partial charge in [0.1, 0.15) is 0 Å². The van der Waals surface area contributed by atoms with Crippen LogP contribution < -0.4 is 0 Å². The van der Waals surface area contributed by atoms with Crippen molar-refractivity contribution >= 4 is 0 Å². The first-order valence-electron chi connectivity index (χ1n) is 3.78. The first-order valence-corrected chi connectivity index (χ1v) is 3.78. The van der Waals surface area contributed by atoms with E-state index in [1.165, 1.54) is 12.0 Å². The Hall–Kier alpha value is -0.850. The molecule has 1 aromatic heterocycles. The van der Waals surface area contributed by atoms with Crippen molar-refractivity contribution in [3.63, 3.8) is 0 Å². The van der Waals surface area contributed by atoms with Gasteiger partial charge in [0.2, 0.25) is 0 Å². The van der Waals surface area contributed by atoms with Crippen LogP contribution >= 0.6 is 0 Å². The normalized spacial score (nSPS) is 30.1.